The molecule has 0 aliphatic rings. The van der Waals surface area contributed by atoms with Crippen LogP contribution in [0.3, 0.4) is 0 Å². The lowest BCUT2D eigenvalue weighted by Gasteiger charge is -2.11. The summed E-state index contributed by atoms with van der Waals surface area (Å²) in [5.41, 5.74) is 0.415. The van der Waals surface area contributed by atoms with Crippen LogP contribution in [0.1, 0.15) is 36.1 Å². The molecule has 0 radical (unpaired) electrons. The molecule has 0 bridgehead atoms. The Labute approximate surface area is 137 Å². The summed E-state index contributed by atoms with van der Waals surface area (Å²) in [5.74, 6) is 0.131. The third-order valence-electron chi connectivity index (χ3n) is 2.70. The van der Waals surface area contributed by atoms with Gasteiger partial charge in [0.25, 0.3) is 5.91 Å². The highest BCUT2D eigenvalue weighted by molar-refractivity contribution is 6.40. The number of amides is 1. The quantitative estimate of drug-likeness (QED) is 0.869. The molecule has 4 nitrogen and oxygen atoms in total. The molecule has 1 N–H and O–H groups in total. The molecule has 21 heavy (non-hydrogen) atoms. The Balaban J connectivity index is 2.35. The van der Waals surface area contributed by atoms with Crippen LogP contribution < -0.4 is 5.32 Å². The van der Waals surface area contributed by atoms with E-state index in [1.165, 1.54) is 6.20 Å². The van der Waals surface area contributed by atoms with Gasteiger partial charge in [-0.3, -0.25) is 4.79 Å². The van der Waals surface area contributed by atoms with E-state index in [9.17, 15) is 4.79 Å². The lowest BCUT2D eigenvalue weighted by Crippen LogP contribution is -2.16. The number of carbonyl (C=O) groups excluding carboxylic acids is 1. The van der Waals surface area contributed by atoms with Crippen molar-refractivity contribution in [3.8, 4) is 0 Å². The molecule has 0 unspecified atom stereocenters. The zero-order chi connectivity index (χ0) is 15.6. The van der Waals surface area contributed by atoms with Crippen molar-refractivity contribution < 1.29 is 4.79 Å². The van der Waals surface area contributed by atoms with Crippen molar-refractivity contribution in [1.29, 1.82) is 0 Å². The van der Waals surface area contributed by atoms with Crippen molar-refractivity contribution in [3.05, 3.63) is 51.0 Å². The van der Waals surface area contributed by atoms with Crippen LogP contribution in [-0.4, -0.2) is 15.9 Å². The molecule has 0 saturated carbocycles. The van der Waals surface area contributed by atoms with Gasteiger partial charge in [-0.05, 0) is 12.1 Å². The fourth-order valence-electron chi connectivity index (χ4n) is 1.61. The number of carbonyl (C=O) groups is 1. The van der Waals surface area contributed by atoms with Crippen LogP contribution >= 0.6 is 34.8 Å². The van der Waals surface area contributed by atoms with Gasteiger partial charge in [0.1, 0.15) is 5.82 Å². The van der Waals surface area contributed by atoms with Gasteiger partial charge < -0.3 is 5.32 Å². The van der Waals surface area contributed by atoms with E-state index in [0.29, 0.717) is 21.6 Å². The van der Waals surface area contributed by atoms with E-state index in [-0.39, 0.29) is 16.6 Å². The molecule has 7 heteroatoms. The highest BCUT2D eigenvalue weighted by Crippen LogP contribution is 2.30. The average molecular weight is 345 g/mol. The Hall–Kier alpha value is -1.36. The van der Waals surface area contributed by atoms with Gasteiger partial charge in [0.05, 0.1) is 27.0 Å². The van der Waals surface area contributed by atoms with E-state index >= 15 is 0 Å². The molecule has 0 spiro atoms. The maximum Gasteiger partial charge on any atom is 0.276 e. The van der Waals surface area contributed by atoms with Gasteiger partial charge in [-0.25, -0.2) is 9.97 Å². The fourth-order valence-corrected chi connectivity index (χ4v) is 2.28. The number of halogens is 3. The second-order valence-corrected chi connectivity index (χ2v) is 5.85. The van der Waals surface area contributed by atoms with E-state index in [1.54, 1.807) is 18.2 Å². The first-order valence-corrected chi connectivity index (χ1v) is 7.31. The van der Waals surface area contributed by atoms with Crippen molar-refractivity contribution in [1.82, 2.24) is 9.97 Å². The molecule has 1 amide bonds. The van der Waals surface area contributed by atoms with Gasteiger partial charge in [-0.2, -0.15) is 0 Å². The average Bonchev–Trinajstić information content (AvgIpc) is 2.43. The predicted molar refractivity (Wildman–Crippen MR) is 85.5 cm³/mol. The number of aromatic nitrogens is 2. The summed E-state index contributed by atoms with van der Waals surface area (Å²) in [6.45, 7) is 3.85. The van der Waals surface area contributed by atoms with Crippen molar-refractivity contribution >= 4 is 46.4 Å². The summed E-state index contributed by atoms with van der Waals surface area (Å²) < 4.78 is 0. The van der Waals surface area contributed by atoms with E-state index in [1.807, 2.05) is 13.8 Å². The summed E-state index contributed by atoms with van der Waals surface area (Å²) in [6, 6.07) is 4.95. The zero-order valence-corrected chi connectivity index (χ0v) is 13.6. The number of nitrogens with zero attached hydrogens (tertiary/aromatic N) is 2. The van der Waals surface area contributed by atoms with Crippen LogP contribution in [0, 0.1) is 0 Å². The molecule has 0 aliphatic carbocycles. The topological polar surface area (TPSA) is 54.9 Å². The minimum absolute atomic E-state index is 0.0812. The highest BCUT2D eigenvalue weighted by Gasteiger charge is 2.17. The Kier molecular flexibility index (Phi) is 5.04. The standard InChI is InChI=1S/C14H12Cl3N3O/c1-7(2)13-18-6-10(17)12(19-13)14(21)20-11-8(15)4-3-5-9(11)16/h3-7H,1-2H3,(H,20,21). The Morgan fingerprint density at radius 1 is 1.14 bits per heavy atom. The van der Waals surface area contributed by atoms with Gasteiger partial charge >= 0.3 is 0 Å². The molecule has 0 fully saturated rings. The minimum Gasteiger partial charge on any atom is -0.318 e. The molecule has 110 valence electrons. The number of hydrogen-bond donors (Lipinski definition) is 1. The lowest BCUT2D eigenvalue weighted by molar-refractivity contribution is 0.102. The molecule has 1 aromatic heterocycles. The highest BCUT2D eigenvalue weighted by atomic mass is 35.5. The normalized spacial score (nSPS) is 10.8. The van der Waals surface area contributed by atoms with Crippen LogP contribution in [0.15, 0.2) is 24.4 Å². The monoisotopic (exact) mass is 343 g/mol. The summed E-state index contributed by atoms with van der Waals surface area (Å²) in [4.78, 5) is 20.6. The molecular formula is C14H12Cl3N3O. The largest absolute Gasteiger partial charge is 0.318 e. The van der Waals surface area contributed by atoms with Gasteiger partial charge in [0.2, 0.25) is 0 Å². The first-order valence-electron chi connectivity index (χ1n) is 6.18. The van der Waals surface area contributed by atoms with Gasteiger partial charge in [-0.15, -0.1) is 0 Å². The first-order chi connectivity index (χ1) is 9.90. The third kappa shape index (κ3) is 3.64. The maximum absolute atomic E-state index is 12.3. The van der Waals surface area contributed by atoms with E-state index < -0.39 is 5.91 Å². The molecule has 0 aliphatic heterocycles. The Morgan fingerprint density at radius 3 is 2.33 bits per heavy atom. The van der Waals surface area contributed by atoms with Gasteiger partial charge in [0, 0.05) is 5.92 Å². The predicted octanol–water partition coefficient (Wildman–Crippen LogP) is 4.81. The van der Waals surface area contributed by atoms with E-state index in [0.717, 1.165) is 0 Å². The number of para-hydroxylation sites is 1. The number of benzene rings is 1. The third-order valence-corrected chi connectivity index (χ3v) is 3.60. The second kappa shape index (κ2) is 6.60. The lowest BCUT2D eigenvalue weighted by atomic mass is 10.2. The van der Waals surface area contributed by atoms with Crippen LogP contribution in [0.2, 0.25) is 15.1 Å². The van der Waals surface area contributed by atoms with Gasteiger partial charge in [-0.1, -0.05) is 54.7 Å². The molecule has 1 heterocycles. The number of hydrogen-bond acceptors (Lipinski definition) is 3. The molecule has 1 aromatic carbocycles. The molecule has 0 saturated heterocycles. The van der Waals surface area contributed by atoms with E-state index in [2.05, 4.69) is 15.3 Å². The minimum atomic E-state index is -0.487. The zero-order valence-electron chi connectivity index (χ0n) is 11.3. The maximum atomic E-state index is 12.3. The number of anilines is 1. The van der Waals surface area contributed by atoms with Crippen LogP contribution in [0.5, 0.6) is 0 Å². The summed E-state index contributed by atoms with van der Waals surface area (Å²) in [7, 11) is 0. The molecule has 0 atom stereocenters. The SMILES string of the molecule is CC(C)c1ncc(Cl)c(C(=O)Nc2c(Cl)cccc2Cl)n1. The fraction of sp³-hybridized carbons (Fsp3) is 0.214. The van der Waals surface area contributed by atoms with E-state index in [4.69, 9.17) is 34.8 Å². The Bertz CT molecular complexity index is 669. The number of rotatable bonds is 3. The van der Waals surface area contributed by atoms with Gasteiger partial charge in [0.15, 0.2) is 5.69 Å². The second-order valence-electron chi connectivity index (χ2n) is 4.63. The van der Waals surface area contributed by atoms with Crippen LogP contribution in [0.4, 0.5) is 5.69 Å². The van der Waals surface area contributed by atoms with Crippen molar-refractivity contribution in [3.63, 3.8) is 0 Å². The van der Waals surface area contributed by atoms with Crippen molar-refractivity contribution in [2.24, 2.45) is 0 Å². The number of nitrogens with one attached hydrogen (secondary N) is 1. The Morgan fingerprint density at radius 2 is 1.76 bits per heavy atom. The summed E-state index contributed by atoms with van der Waals surface area (Å²) in [5, 5.41) is 3.47. The molecule has 2 aromatic rings. The molecule has 2 rings (SSSR count). The van der Waals surface area contributed by atoms with Crippen LogP contribution in [0.25, 0.3) is 0 Å². The van der Waals surface area contributed by atoms with Crippen LogP contribution in [-0.2, 0) is 0 Å². The smallest absolute Gasteiger partial charge is 0.276 e. The molecular weight excluding hydrogens is 333 g/mol. The summed E-state index contributed by atoms with van der Waals surface area (Å²) >= 11 is 18.0. The van der Waals surface area contributed by atoms with Crippen molar-refractivity contribution in [2.75, 3.05) is 5.32 Å². The first kappa shape index (κ1) is 16.0. The summed E-state index contributed by atoms with van der Waals surface area (Å²) in [6.07, 6.45) is 1.41. The van der Waals surface area contributed by atoms with Crippen molar-refractivity contribution in [2.45, 2.75) is 19.8 Å².